The van der Waals surface area contributed by atoms with E-state index in [1.165, 1.54) is 6.92 Å². The highest BCUT2D eigenvalue weighted by Gasteiger charge is 2.25. The van der Waals surface area contributed by atoms with E-state index >= 15 is 0 Å². The highest BCUT2D eigenvalue weighted by atomic mass is 32.1. The van der Waals surface area contributed by atoms with Crippen LogP contribution < -0.4 is 27.8 Å². The van der Waals surface area contributed by atoms with Gasteiger partial charge in [-0.05, 0) is 26.2 Å². The van der Waals surface area contributed by atoms with E-state index in [2.05, 4.69) is 28.3 Å². The summed E-state index contributed by atoms with van der Waals surface area (Å²) >= 11 is 3.84. The van der Waals surface area contributed by atoms with Crippen molar-refractivity contribution < 1.29 is 19.2 Å². The number of hydrogen-bond donors (Lipinski definition) is 6. The van der Waals surface area contributed by atoms with Crippen LogP contribution in [0.25, 0.3) is 0 Å². The summed E-state index contributed by atoms with van der Waals surface area (Å²) in [6, 6.07) is -1.89. The van der Waals surface area contributed by atoms with Crippen molar-refractivity contribution in [1.29, 1.82) is 0 Å². The normalized spacial score (nSPS) is 12.6. The number of primary amides is 1. The van der Waals surface area contributed by atoms with Crippen molar-refractivity contribution in [1.82, 2.24) is 10.6 Å². The van der Waals surface area contributed by atoms with Gasteiger partial charge >= 0.3 is 0 Å². The van der Waals surface area contributed by atoms with Crippen LogP contribution in [0.1, 0.15) is 32.6 Å². The number of carbonyl (C=O) groups is 4. The molecule has 0 saturated carbocycles. The number of ketones is 1. The van der Waals surface area contributed by atoms with Crippen molar-refractivity contribution in [2.45, 2.75) is 44.7 Å². The average molecular weight is 374 g/mol. The fourth-order valence-electron chi connectivity index (χ4n) is 1.92. The second kappa shape index (κ2) is 12.1. The van der Waals surface area contributed by atoms with Crippen molar-refractivity contribution >= 4 is 42.1 Å². The van der Waals surface area contributed by atoms with E-state index < -0.39 is 29.8 Å². The van der Waals surface area contributed by atoms with Gasteiger partial charge < -0.3 is 32.6 Å². The standard InChI is InChI=1S/C14H26N6O4S/c1-8(21)4-5-9(12(15)23)20-13(24)10(19-11(22)7-25)3-2-6-18-14(16)17/h9-10,25H,2-7H2,1H3,(H2,15,23)(H,19,22)(H,20,24)(H4,16,17,18)/t9-,10-/m0/s1. The molecule has 8 N–H and O–H groups in total. The van der Waals surface area contributed by atoms with Gasteiger partial charge in [0.15, 0.2) is 5.96 Å². The van der Waals surface area contributed by atoms with Crippen molar-refractivity contribution in [2.75, 3.05) is 12.3 Å². The van der Waals surface area contributed by atoms with E-state index in [0.29, 0.717) is 6.42 Å². The third-order valence-corrected chi connectivity index (χ3v) is 3.47. The summed E-state index contributed by atoms with van der Waals surface area (Å²) in [4.78, 5) is 50.2. The lowest BCUT2D eigenvalue weighted by Gasteiger charge is -2.21. The molecule has 0 aliphatic carbocycles. The molecular weight excluding hydrogens is 348 g/mol. The Morgan fingerprint density at radius 2 is 1.68 bits per heavy atom. The van der Waals surface area contributed by atoms with Crippen LogP contribution in [-0.4, -0.2) is 53.8 Å². The van der Waals surface area contributed by atoms with Gasteiger partial charge in [0, 0.05) is 13.0 Å². The maximum Gasteiger partial charge on any atom is 0.243 e. The Hall–Kier alpha value is -2.30. The van der Waals surface area contributed by atoms with Crippen molar-refractivity contribution in [3.8, 4) is 0 Å². The smallest absolute Gasteiger partial charge is 0.243 e. The molecule has 142 valence electrons. The van der Waals surface area contributed by atoms with E-state index in [9.17, 15) is 19.2 Å². The molecule has 3 amide bonds. The van der Waals surface area contributed by atoms with Gasteiger partial charge in [0.2, 0.25) is 17.7 Å². The predicted molar refractivity (Wildman–Crippen MR) is 96.7 cm³/mol. The highest BCUT2D eigenvalue weighted by molar-refractivity contribution is 7.81. The maximum atomic E-state index is 12.4. The third kappa shape index (κ3) is 11.0. The molecule has 2 atom stereocenters. The van der Waals surface area contributed by atoms with Crippen molar-refractivity contribution in [3.63, 3.8) is 0 Å². The molecule has 0 spiro atoms. The fraction of sp³-hybridized carbons (Fsp3) is 0.643. The van der Waals surface area contributed by atoms with E-state index in [4.69, 9.17) is 17.2 Å². The number of rotatable bonds is 12. The van der Waals surface area contributed by atoms with Crippen LogP contribution >= 0.6 is 12.6 Å². The van der Waals surface area contributed by atoms with Gasteiger partial charge in [-0.1, -0.05) is 0 Å². The predicted octanol–water partition coefficient (Wildman–Crippen LogP) is -2.21. The molecule has 0 bridgehead atoms. The minimum Gasteiger partial charge on any atom is -0.370 e. The van der Waals surface area contributed by atoms with Gasteiger partial charge in [-0.2, -0.15) is 12.6 Å². The molecular formula is C14H26N6O4S. The SMILES string of the molecule is CC(=O)CC[C@H](NC(=O)[C@H](CCCN=C(N)N)NC(=O)CS)C(N)=O. The lowest BCUT2D eigenvalue weighted by molar-refractivity contribution is -0.131. The first-order valence-corrected chi connectivity index (χ1v) is 8.35. The summed E-state index contributed by atoms with van der Waals surface area (Å²) in [6.45, 7) is 1.66. The van der Waals surface area contributed by atoms with Crippen LogP contribution in [0, 0.1) is 0 Å². The molecule has 25 heavy (non-hydrogen) atoms. The molecule has 0 aromatic rings. The van der Waals surface area contributed by atoms with Crippen LogP contribution in [0.4, 0.5) is 0 Å². The lowest BCUT2D eigenvalue weighted by Crippen LogP contribution is -2.53. The number of aliphatic imine (C=N–C) groups is 1. The highest BCUT2D eigenvalue weighted by Crippen LogP contribution is 2.03. The van der Waals surface area contributed by atoms with Crippen LogP contribution in [-0.2, 0) is 19.2 Å². The number of Topliss-reactive ketones (excluding diaryl/α,β-unsaturated/α-hetero) is 1. The van der Waals surface area contributed by atoms with Gasteiger partial charge in [-0.3, -0.25) is 19.4 Å². The summed E-state index contributed by atoms with van der Waals surface area (Å²) in [5.74, 6) is -2.07. The Balaban J connectivity index is 4.85. The Kier molecular flexibility index (Phi) is 11.0. The number of hydrogen-bond acceptors (Lipinski definition) is 6. The molecule has 0 radical (unpaired) electrons. The summed E-state index contributed by atoms with van der Waals surface area (Å²) < 4.78 is 0. The number of nitrogens with zero attached hydrogens (tertiary/aromatic N) is 1. The molecule has 0 aromatic carbocycles. The molecule has 10 nitrogen and oxygen atoms in total. The molecule has 0 aromatic heterocycles. The van der Waals surface area contributed by atoms with Gasteiger partial charge in [0.1, 0.15) is 17.9 Å². The van der Waals surface area contributed by atoms with E-state index in [-0.39, 0.29) is 43.3 Å². The minimum atomic E-state index is -0.996. The number of thiol groups is 1. The lowest BCUT2D eigenvalue weighted by atomic mass is 10.1. The minimum absolute atomic E-state index is 0.0709. The number of amides is 3. The van der Waals surface area contributed by atoms with Gasteiger partial charge in [0.05, 0.1) is 5.75 Å². The zero-order chi connectivity index (χ0) is 19.4. The molecule has 0 unspecified atom stereocenters. The number of carbonyl (C=O) groups excluding carboxylic acids is 4. The average Bonchev–Trinajstić information content (AvgIpc) is 2.52. The topological polar surface area (TPSA) is 183 Å². The van der Waals surface area contributed by atoms with Gasteiger partial charge in [0.25, 0.3) is 0 Å². The number of nitrogens with two attached hydrogens (primary N) is 3. The second-order valence-corrected chi connectivity index (χ2v) is 5.75. The van der Waals surface area contributed by atoms with Gasteiger partial charge in [-0.15, -0.1) is 0 Å². The summed E-state index contributed by atoms with van der Waals surface area (Å²) in [5, 5.41) is 4.97. The summed E-state index contributed by atoms with van der Waals surface area (Å²) in [7, 11) is 0. The van der Waals surface area contributed by atoms with Crippen LogP contribution in [0.15, 0.2) is 4.99 Å². The molecule has 0 fully saturated rings. The second-order valence-electron chi connectivity index (χ2n) is 5.43. The van der Waals surface area contributed by atoms with Crippen molar-refractivity contribution in [2.24, 2.45) is 22.2 Å². The zero-order valence-corrected chi connectivity index (χ0v) is 15.1. The third-order valence-electron chi connectivity index (χ3n) is 3.19. The first-order valence-electron chi connectivity index (χ1n) is 7.72. The van der Waals surface area contributed by atoms with E-state index in [0.717, 1.165) is 0 Å². The molecule has 11 heteroatoms. The molecule has 0 aliphatic heterocycles. The van der Waals surface area contributed by atoms with Crippen LogP contribution in [0.5, 0.6) is 0 Å². The van der Waals surface area contributed by atoms with Gasteiger partial charge in [-0.25, -0.2) is 0 Å². The van der Waals surface area contributed by atoms with Crippen LogP contribution in [0.2, 0.25) is 0 Å². The largest absolute Gasteiger partial charge is 0.370 e. The summed E-state index contributed by atoms with van der Waals surface area (Å²) in [5.41, 5.74) is 15.7. The Bertz CT molecular complexity index is 521. The molecule has 0 aliphatic rings. The quantitative estimate of drug-likeness (QED) is 0.0974. The van der Waals surface area contributed by atoms with E-state index in [1.54, 1.807) is 0 Å². The first-order chi connectivity index (χ1) is 11.7. The monoisotopic (exact) mass is 374 g/mol. The zero-order valence-electron chi connectivity index (χ0n) is 14.2. The Morgan fingerprint density at radius 1 is 1.04 bits per heavy atom. The molecule has 0 saturated heterocycles. The van der Waals surface area contributed by atoms with E-state index in [1.807, 2.05) is 0 Å². The summed E-state index contributed by atoms with van der Waals surface area (Å²) in [6.07, 6.45) is 0.877. The number of nitrogens with one attached hydrogen (secondary N) is 2. The Labute approximate surface area is 151 Å². The molecule has 0 heterocycles. The number of guanidine groups is 1. The fourth-order valence-corrected chi connectivity index (χ4v) is 2.01. The van der Waals surface area contributed by atoms with Crippen LogP contribution in [0.3, 0.4) is 0 Å². The molecule has 0 rings (SSSR count). The Morgan fingerprint density at radius 3 is 2.16 bits per heavy atom. The first kappa shape index (κ1) is 22.7. The van der Waals surface area contributed by atoms with Crippen molar-refractivity contribution in [3.05, 3.63) is 0 Å². The maximum absolute atomic E-state index is 12.4.